The van der Waals surface area contributed by atoms with E-state index in [1.54, 1.807) is 6.20 Å². The van der Waals surface area contributed by atoms with Crippen molar-refractivity contribution in [3.63, 3.8) is 0 Å². The van der Waals surface area contributed by atoms with Crippen LogP contribution in [0.2, 0.25) is 0 Å². The van der Waals surface area contributed by atoms with Crippen molar-refractivity contribution in [2.75, 3.05) is 17.2 Å². The maximum absolute atomic E-state index is 5.17. The van der Waals surface area contributed by atoms with Crippen LogP contribution in [0.3, 0.4) is 0 Å². The van der Waals surface area contributed by atoms with Crippen molar-refractivity contribution in [1.82, 2.24) is 19.5 Å². The number of hydrogen-bond donors (Lipinski definition) is 2. The molecule has 0 aliphatic rings. The van der Waals surface area contributed by atoms with Gasteiger partial charge in [0.05, 0.1) is 11.9 Å². The van der Waals surface area contributed by atoms with Crippen molar-refractivity contribution in [2.24, 2.45) is 0 Å². The van der Waals surface area contributed by atoms with E-state index < -0.39 is 0 Å². The number of aryl methyl sites for hydroxylation is 2. The van der Waals surface area contributed by atoms with Gasteiger partial charge in [0.2, 0.25) is 0 Å². The normalized spacial score (nSPS) is 11.0. The number of anilines is 2. The van der Waals surface area contributed by atoms with Crippen LogP contribution in [-0.4, -0.2) is 26.1 Å². The summed E-state index contributed by atoms with van der Waals surface area (Å²) in [6.07, 6.45) is 5.58. The van der Waals surface area contributed by atoms with Gasteiger partial charge in [-0.15, -0.1) is 0 Å². The number of imidazole rings is 1. The quantitative estimate of drug-likeness (QED) is 0.749. The number of hydrogen-bond acceptors (Lipinski definition) is 6. The Balaban J connectivity index is 1.90. The summed E-state index contributed by atoms with van der Waals surface area (Å²) in [6, 6.07) is 0. The Hall–Kier alpha value is -2.57. The van der Waals surface area contributed by atoms with E-state index in [-0.39, 0.29) is 0 Å². The monoisotopic (exact) mass is 286 g/mol. The van der Waals surface area contributed by atoms with Gasteiger partial charge in [-0.2, -0.15) is 0 Å². The molecule has 0 unspecified atom stereocenters. The van der Waals surface area contributed by atoms with Crippen LogP contribution in [0.4, 0.5) is 11.6 Å². The van der Waals surface area contributed by atoms with Crippen LogP contribution in [0.1, 0.15) is 23.9 Å². The first-order chi connectivity index (χ1) is 10.2. The van der Waals surface area contributed by atoms with Gasteiger partial charge in [-0.3, -0.25) is 0 Å². The predicted molar refractivity (Wildman–Crippen MR) is 80.5 cm³/mol. The molecule has 0 radical (unpaired) electrons. The van der Waals surface area contributed by atoms with Gasteiger partial charge < -0.3 is 19.6 Å². The lowest BCUT2D eigenvalue weighted by Gasteiger charge is -2.10. The molecule has 7 nitrogen and oxygen atoms in total. The molecule has 110 valence electrons. The Morgan fingerprint density at radius 3 is 2.86 bits per heavy atom. The van der Waals surface area contributed by atoms with Gasteiger partial charge in [-0.05, 0) is 20.8 Å². The first kappa shape index (κ1) is 13.4. The molecule has 7 heteroatoms. The summed E-state index contributed by atoms with van der Waals surface area (Å²) < 4.78 is 7.12. The van der Waals surface area contributed by atoms with Crippen LogP contribution in [0.5, 0.6) is 0 Å². The third kappa shape index (κ3) is 2.54. The van der Waals surface area contributed by atoms with Gasteiger partial charge in [-0.1, -0.05) is 5.16 Å². The van der Waals surface area contributed by atoms with Gasteiger partial charge in [-0.25, -0.2) is 9.97 Å². The topological polar surface area (TPSA) is 80.3 Å². The number of nitrogens with one attached hydrogen (secondary N) is 2. The lowest BCUT2D eigenvalue weighted by atomic mass is 10.2. The minimum absolute atomic E-state index is 0.603. The Morgan fingerprint density at radius 2 is 2.14 bits per heavy atom. The summed E-state index contributed by atoms with van der Waals surface area (Å²) in [5.74, 6) is 2.37. The van der Waals surface area contributed by atoms with E-state index in [4.69, 9.17) is 4.52 Å². The van der Waals surface area contributed by atoms with Crippen molar-refractivity contribution in [2.45, 2.75) is 27.3 Å². The summed E-state index contributed by atoms with van der Waals surface area (Å²) >= 11 is 0. The summed E-state index contributed by atoms with van der Waals surface area (Å²) in [6.45, 7) is 7.30. The van der Waals surface area contributed by atoms with Crippen molar-refractivity contribution >= 4 is 17.3 Å². The average Bonchev–Trinajstić information content (AvgIpc) is 3.05. The second-order valence-electron chi connectivity index (χ2n) is 4.82. The Morgan fingerprint density at radius 1 is 1.29 bits per heavy atom. The van der Waals surface area contributed by atoms with Gasteiger partial charge in [0.1, 0.15) is 11.6 Å². The second kappa shape index (κ2) is 5.43. The van der Waals surface area contributed by atoms with Crippen LogP contribution in [0.15, 0.2) is 23.1 Å². The standard InChI is InChI=1S/C14H18N6O/c1-4-15-12-8-20-6-5-16-14(20)13(18-12)17-7-11-9(2)19-21-10(11)3/h5-6,8,15H,4,7H2,1-3H3,(H,17,18). The van der Waals surface area contributed by atoms with Gasteiger partial charge >= 0.3 is 0 Å². The highest BCUT2D eigenvalue weighted by Crippen LogP contribution is 2.19. The predicted octanol–water partition coefficient (Wildman–Crippen LogP) is 2.38. The fourth-order valence-electron chi connectivity index (χ4n) is 2.24. The molecule has 0 atom stereocenters. The molecule has 0 fully saturated rings. The fourth-order valence-corrected chi connectivity index (χ4v) is 2.24. The Labute approximate surface area is 122 Å². The Kier molecular flexibility index (Phi) is 3.47. The molecule has 0 bridgehead atoms. The number of aromatic nitrogens is 4. The molecule has 3 heterocycles. The summed E-state index contributed by atoms with van der Waals surface area (Å²) in [4.78, 5) is 8.90. The first-order valence-corrected chi connectivity index (χ1v) is 6.92. The maximum atomic E-state index is 5.17. The summed E-state index contributed by atoms with van der Waals surface area (Å²) in [7, 11) is 0. The van der Waals surface area contributed by atoms with Crippen molar-refractivity contribution in [3.8, 4) is 0 Å². The fraction of sp³-hybridized carbons (Fsp3) is 0.357. The van der Waals surface area contributed by atoms with Crippen LogP contribution in [0.25, 0.3) is 5.65 Å². The van der Waals surface area contributed by atoms with Crippen LogP contribution in [-0.2, 0) is 6.54 Å². The molecule has 0 aliphatic heterocycles. The van der Waals surface area contributed by atoms with Crippen LogP contribution < -0.4 is 10.6 Å². The van der Waals surface area contributed by atoms with E-state index in [9.17, 15) is 0 Å². The molecule has 3 rings (SSSR count). The largest absolute Gasteiger partial charge is 0.369 e. The molecular weight excluding hydrogens is 268 g/mol. The van der Waals surface area contributed by atoms with Gasteiger partial charge in [0, 0.05) is 31.0 Å². The Bertz CT molecular complexity index is 741. The zero-order valence-electron chi connectivity index (χ0n) is 12.3. The molecule has 21 heavy (non-hydrogen) atoms. The lowest BCUT2D eigenvalue weighted by Crippen LogP contribution is -2.08. The van der Waals surface area contributed by atoms with E-state index in [0.717, 1.165) is 40.8 Å². The zero-order valence-corrected chi connectivity index (χ0v) is 12.3. The highest BCUT2D eigenvalue weighted by atomic mass is 16.5. The van der Waals surface area contributed by atoms with Gasteiger partial charge in [0.25, 0.3) is 0 Å². The average molecular weight is 286 g/mol. The van der Waals surface area contributed by atoms with E-state index >= 15 is 0 Å². The van der Waals surface area contributed by atoms with Crippen LogP contribution in [0, 0.1) is 13.8 Å². The third-order valence-electron chi connectivity index (χ3n) is 3.35. The van der Waals surface area contributed by atoms with Crippen LogP contribution >= 0.6 is 0 Å². The molecule has 3 aromatic heterocycles. The van der Waals surface area contributed by atoms with Gasteiger partial charge in [0.15, 0.2) is 11.5 Å². The highest BCUT2D eigenvalue weighted by molar-refractivity contribution is 5.65. The molecular formula is C14H18N6O. The second-order valence-corrected chi connectivity index (χ2v) is 4.82. The molecule has 2 N–H and O–H groups in total. The maximum Gasteiger partial charge on any atom is 0.180 e. The van der Waals surface area contributed by atoms with E-state index in [0.29, 0.717) is 6.54 Å². The zero-order chi connectivity index (χ0) is 14.8. The van der Waals surface area contributed by atoms with Crippen molar-refractivity contribution < 1.29 is 4.52 Å². The first-order valence-electron chi connectivity index (χ1n) is 6.92. The van der Waals surface area contributed by atoms with E-state index in [2.05, 4.69) is 25.8 Å². The SMILES string of the molecule is CCNc1cn2ccnc2c(NCc2c(C)noc2C)n1. The number of fused-ring (bicyclic) bond motifs is 1. The molecule has 0 aromatic carbocycles. The molecule has 0 aliphatic carbocycles. The number of nitrogens with zero attached hydrogens (tertiary/aromatic N) is 4. The van der Waals surface area contributed by atoms with E-state index in [1.165, 1.54) is 0 Å². The van der Waals surface area contributed by atoms with E-state index in [1.807, 2.05) is 37.6 Å². The molecule has 3 aromatic rings. The molecule has 0 saturated carbocycles. The third-order valence-corrected chi connectivity index (χ3v) is 3.35. The molecule has 0 saturated heterocycles. The minimum Gasteiger partial charge on any atom is -0.369 e. The minimum atomic E-state index is 0.603. The number of rotatable bonds is 5. The summed E-state index contributed by atoms with van der Waals surface area (Å²) in [5, 5.41) is 10.5. The summed E-state index contributed by atoms with van der Waals surface area (Å²) in [5.41, 5.74) is 2.74. The van der Waals surface area contributed by atoms with Crippen molar-refractivity contribution in [1.29, 1.82) is 0 Å². The highest BCUT2D eigenvalue weighted by Gasteiger charge is 2.11. The molecule has 0 spiro atoms. The lowest BCUT2D eigenvalue weighted by molar-refractivity contribution is 0.392. The molecule has 0 amide bonds. The van der Waals surface area contributed by atoms with Crippen molar-refractivity contribution in [3.05, 3.63) is 35.6 Å². The smallest absolute Gasteiger partial charge is 0.180 e.